The van der Waals surface area contributed by atoms with Gasteiger partial charge in [-0.2, -0.15) is 0 Å². The lowest BCUT2D eigenvalue weighted by Gasteiger charge is -2.27. The van der Waals surface area contributed by atoms with Crippen LogP contribution < -0.4 is 0 Å². The van der Waals surface area contributed by atoms with E-state index in [0.717, 1.165) is 18.4 Å². The van der Waals surface area contributed by atoms with E-state index >= 15 is 0 Å². The van der Waals surface area contributed by atoms with Gasteiger partial charge in [0.1, 0.15) is 0 Å². The molecule has 1 saturated heterocycles. The van der Waals surface area contributed by atoms with Gasteiger partial charge in [-0.3, -0.25) is 14.5 Å². The summed E-state index contributed by atoms with van der Waals surface area (Å²) < 4.78 is 0. The third-order valence-corrected chi connectivity index (χ3v) is 3.46. The zero-order valence-corrected chi connectivity index (χ0v) is 10.9. The number of aliphatic hydroxyl groups excluding tert-OH is 1. The third kappa shape index (κ3) is 3.41. The number of rotatable bonds is 4. The van der Waals surface area contributed by atoms with Crippen molar-refractivity contribution in [3.8, 4) is 0 Å². The summed E-state index contributed by atoms with van der Waals surface area (Å²) in [5.41, 5.74) is 1.02. The monoisotopic (exact) mass is 261 g/mol. The Bertz CT molecular complexity index is 426. The van der Waals surface area contributed by atoms with E-state index in [-0.39, 0.29) is 18.4 Å². The molecule has 1 aromatic carbocycles. The van der Waals surface area contributed by atoms with Crippen LogP contribution in [0, 0.1) is 0 Å². The fraction of sp³-hybridized carbons (Fsp3) is 0.467. The van der Waals surface area contributed by atoms with Gasteiger partial charge in [-0.1, -0.05) is 30.3 Å². The minimum atomic E-state index is -0.444. The van der Waals surface area contributed by atoms with E-state index in [1.807, 2.05) is 30.3 Å². The Morgan fingerprint density at radius 3 is 2.16 bits per heavy atom. The largest absolute Gasteiger partial charge is 0.394 e. The van der Waals surface area contributed by atoms with Gasteiger partial charge in [0.25, 0.3) is 0 Å². The highest BCUT2D eigenvalue weighted by Crippen LogP contribution is 2.18. The molecular weight excluding hydrogens is 242 g/mol. The normalized spacial score (nSPS) is 18.3. The van der Waals surface area contributed by atoms with Crippen LogP contribution in [0.4, 0.5) is 0 Å². The van der Waals surface area contributed by atoms with Crippen molar-refractivity contribution in [2.24, 2.45) is 0 Å². The van der Waals surface area contributed by atoms with Crippen molar-refractivity contribution in [3.05, 3.63) is 35.9 Å². The number of amides is 2. The molecule has 1 heterocycles. The first kappa shape index (κ1) is 13.7. The van der Waals surface area contributed by atoms with Crippen molar-refractivity contribution in [2.45, 2.75) is 38.1 Å². The molecule has 1 atom stereocenters. The summed E-state index contributed by atoms with van der Waals surface area (Å²) in [6, 6.07) is 9.18. The molecule has 0 aliphatic carbocycles. The van der Waals surface area contributed by atoms with Crippen molar-refractivity contribution in [1.82, 2.24) is 4.90 Å². The minimum absolute atomic E-state index is 0.155. The number of aliphatic hydroxyl groups is 1. The highest BCUT2D eigenvalue weighted by molar-refractivity contribution is 5.96. The van der Waals surface area contributed by atoms with E-state index < -0.39 is 6.04 Å². The standard InChI is InChI=1S/C15H19NO3/c17-11-13(10-12-6-2-1-3-7-12)16-14(18)8-4-5-9-15(16)19/h1-3,6-7,13,17H,4-5,8-11H2. The Morgan fingerprint density at radius 1 is 1.05 bits per heavy atom. The summed E-state index contributed by atoms with van der Waals surface area (Å²) in [4.78, 5) is 25.3. The molecule has 1 aliphatic heterocycles. The number of hydrogen-bond donors (Lipinski definition) is 1. The summed E-state index contributed by atoms with van der Waals surface area (Å²) >= 11 is 0. The molecule has 1 N–H and O–H groups in total. The number of likely N-dealkylation sites (tertiary alicyclic amines) is 1. The van der Waals surface area contributed by atoms with Gasteiger partial charge in [0.15, 0.2) is 0 Å². The van der Waals surface area contributed by atoms with Gasteiger partial charge >= 0.3 is 0 Å². The van der Waals surface area contributed by atoms with Crippen molar-refractivity contribution in [2.75, 3.05) is 6.61 Å². The van der Waals surface area contributed by atoms with Gasteiger partial charge in [0.2, 0.25) is 11.8 Å². The van der Waals surface area contributed by atoms with Crippen LogP contribution in [-0.2, 0) is 16.0 Å². The first-order valence-corrected chi connectivity index (χ1v) is 6.72. The Hall–Kier alpha value is -1.68. The molecule has 1 aromatic rings. The molecule has 102 valence electrons. The molecule has 0 aromatic heterocycles. The molecule has 0 spiro atoms. The number of nitrogens with zero attached hydrogens (tertiary/aromatic N) is 1. The van der Waals surface area contributed by atoms with Crippen LogP contribution in [0.15, 0.2) is 30.3 Å². The van der Waals surface area contributed by atoms with Crippen LogP contribution in [0.3, 0.4) is 0 Å². The Labute approximate surface area is 113 Å². The first-order valence-electron chi connectivity index (χ1n) is 6.72. The summed E-state index contributed by atoms with van der Waals surface area (Å²) in [5, 5.41) is 9.52. The first-order chi connectivity index (χ1) is 9.22. The van der Waals surface area contributed by atoms with Gasteiger partial charge in [-0.05, 0) is 24.8 Å². The molecule has 2 rings (SSSR count). The average molecular weight is 261 g/mol. The van der Waals surface area contributed by atoms with E-state index in [4.69, 9.17) is 0 Å². The summed E-state index contributed by atoms with van der Waals surface area (Å²) in [7, 11) is 0. The highest BCUT2D eigenvalue weighted by atomic mass is 16.3. The second-order valence-electron chi connectivity index (χ2n) is 4.89. The van der Waals surface area contributed by atoms with Crippen molar-refractivity contribution < 1.29 is 14.7 Å². The average Bonchev–Trinajstić information content (AvgIpc) is 2.59. The fourth-order valence-corrected chi connectivity index (χ4v) is 2.46. The minimum Gasteiger partial charge on any atom is -0.394 e. The molecule has 4 nitrogen and oxygen atoms in total. The number of hydrogen-bond acceptors (Lipinski definition) is 3. The Kier molecular flexibility index (Phi) is 4.68. The van der Waals surface area contributed by atoms with E-state index in [1.165, 1.54) is 4.90 Å². The van der Waals surface area contributed by atoms with Gasteiger partial charge in [0.05, 0.1) is 12.6 Å². The van der Waals surface area contributed by atoms with Crippen LogP contribution in [0.25, 0.3) is 0 Å². The molecule has 0 radical (unpaired) electrons. The molecule has 0 bridgehead atoms. The van der Waals surface area contributed by atoms with Gasteiger partial charge in [0, 0.05) is 12.8 Å². The van der Waals surface area contributed by atoms with Gasteiger partial charge in [-0.25, -0.2) is 0 Å². The molecule has 1 fully saturated rings. The Balaban J connectivity index is 2.15. The number of carbonyl (C=O) groups excluding carboxylic acids is 2. The zero-order chi connectivity index (χ0) is 13.7. The number of imide groups is 1. The summed E-state index contributed by atoms with van der Waals surface area (Å²) in [5.74, 6) is -0.310. The van der Waals surface area contributed by atoms with E-state index in [1.54, 1.807) is 0 Å². The smallest absolute Gasteiger partial charge is 0.229 e. The number of carbonyl (C=O) groups is 2. The van der Waals surface area contributed by atoms with Crippen LogP contribution in [0.1, 0.15) is 31.2 Å². The lowest BCUT2D eigenvalue weighted by atomic mass is 10.0. The second-order valence-corrected chi connectivity index (χ2v) is 4.89. The molecular formula is C15H19NO3. The second kappa shape index (κ2) is 6.48. The maximum Gasteiger partial charge on any atom is 0.229 e. The Morgan fingerprint density at radius 2 is 1.63 bits per heavy atom. The van der Waals surface area contributed by atoms with Crippen LogP contribution in [0.2, 0.25) is 0 Å². The lowest BCUT2D eigenvalue weighted by Crippen LogP contribution is -2.46. The fourth-order valence-electron chi connectivity index (χ4n) is 2.46. The number of benzene rings is 1. The van der Waals surface area contributed by atoms with Crippen molar-refractivity contribution >= 4 is 11.8 Å². The molecule has 4 heteroatoms. The quantitative estimate of drug-likeness (QED) is 0.836. The summed E-state index contributed by atoms with van der Waals surface area (Å²) in [6.45, 7) is -0.188. The van der Waals surface area contributed by atoms with Crippen LogP contribution >= 0.6 is 0 Å². The van der Waals surface area contributed by atoms with Crippen LogP contribution in [-0.4, -0.2) is 34.5 Å². The predicted octanol–water partition coefficient (Wildman–Crippen LogP) is 1.52. The molecule has 19 heavy (non-hydrogen) atoms. The van der Waals surface area contributed by atoms with Crippen molar-refractivity contribution in [3.63, 3.8) is 0 Å². The third-order valence-electron chi connectivity index (χ3n) is 3.46. The zero-order valence-electron chi connectivity index (χ0n) is 10.9. The molecule has 1 aliphatic rings. The molecule has 1 unspecified atom stereocenters. The SMILES string of the molecule is O=C1CCCCC(=O)N1C(CO)Cc1ccccc1. The van der Waals surface area contributed by atoms with Crippen LogP contribution in [0.5, 0.6) is 0 Å². The van der Waals surface area contributed by atoms with E-state index in [2.05, 4.69) is 0 Å². The molecule has 2 amide bonds. The maximum atomic E-state index is 12.0. The topological polar surface area (TPSA) is 57.6 Å². The summed E-state index contributed by atoms with van der Waals surface area (Å²) in [6.07, 6.45) is 2.82. The van der Waals surface area contributed by atoms with Gasteiger partial charge < -0.3 is 5.11 Å². The lowest BCUT2D eigenvalue weighted by molar-refractivity contribution is -0.147. The maximum absolute atomic E-state index is 12.0. The van der Waals surface area contributed by atoms with Gasteiger partial charge in [-0.15, -0.1) is 0 Å². The van der Waals surface area contributed by atoms with E-state index in [0.29, 0.717) is 19.3 Å². The highest BCUT2D eigenvalue weighted by Gasteiger charge is 2.30. The van der Waals surface area contributed by atoms with E-state index in [9.17, 15) is 14.7 Å². The molecule has 0 saturated carbocycles. The predicted molar refractivity (Wildman–Crippen MR) is 71.3 cm³/mol. The van der Waals surface area contributed by atoms with Crippen molar-refractivity contribution in [1.29, 1.82) is 0 Å².